The molecule has 2 heterocycles. The molecule has 0 bridgehead atoms. The Morgan fingerprint density at radius 2 is 1.68 bits per heavy atom. The Morgan fingerprint density at radius 3 is 2.30 bits per heavy atom. The van der Waals surface area contributed by atoms with Crippen LogP contribution >= 0.6 is 0 Å². The van der Waals surface area contributed by atoms with Crippen molar-refractivity contribution in [1.29, 1.82) is 0 Å². The second-order valence-corrected chi connectivity index (χ2v) is 10.8. The summed E-state index contributed by atoms with van der Waals surface area (Å²) in [7, 11) is 0. The standard InChI is InChI=1S/C31H31N3O6/c1-31(2,3)40-30(38)34-25(28(32)35)16-23-22-6-4-5-7-24(22)33-26(23)27(34)19-12-14-21(15-13-19)39-17-18-8-10-20(11-9-18)29(36)37/h4-15,25,27,33H,16-17H2,1-3H3,(H2,32,35)(H,36,37)/t25-,27+/m1/s1. The van der Waals surface area contributed by atoms with Crippen molar-refractivity contribution >= 4 is 28.9 Å². The third kappa shape index (κ3) is 5.36. The van der Waals surface area contributed by atoms with Crippen LogP contribution in [-0.4, -0.2) is 44.6 Å². The summed E-state index contributed by atoms with van der Waals surface area (Å²) in [6, 6.07) is 20.0. The van der Waals surface area contributed by atoms with Gasteiger partial charge in [-0.15, -0.1) is 0 Å². The van der Waals surface area contributed by atoms with E-state index in [1.165, 1.54) is 17.0 Å². The van der Waals surface area contributed by atoms with Gasteiger partial charge < -0.3 is 25.3 Å². The number of carboxylic acids is 1. The number of aromatic amines is 1. The molecule has 1 aliphatic heterocycles. The summed E-state index contributed by atoms with van der Waals surface area (Å²) >= 11 is 0. The van der Waals surface area contributed by atoms with Crippen LogP contribution in [0.5, 0.6) is 5.75 Å². The average Bonchev–Trinajstić information content (AvgIpc) is 3.29. The third-order valence-electron chi connectivity index (χ3n) is 6.87. The van der Waals surface area contributed by atoms with E-state index >= 15 is 0 Å². The summed E-state index contributed by atoms with van der Waals surface area (Å²) in [5, 5.41) is 10.1. The van der Waals surface area contributed by atoms with Crippen LogP contribution in [0.4, 0.5) is 4.79 Å². The van der Waals surface area contributed by atoms with E-state index in [1.807, 2.05) is 36.4 Å². The number of ether oxygens (including phenoxy) is 2. The molecule has 4 aromatic rings. The lowest BCUT2D eigenvalue weighted by molar-refractivity contribution is -0.124. The van der Waals surface area contributed by atoms with Gasteiger partial charge in [0.25, 0.3) is 0 Å². The fourth-order valence-electron chi connectivity index (χ4n) is 5.05. The Kier molecular flexibility index (Phi) is 6.97. The molecule has 2 atom stereocenters. The topological polar surface area (TPSA) is 135 Å². The molecule has 0 radical (unpaired) electrons. The first kappa shape index (κ1) is 26.8. The summed E-state index contributed by atoms with van der Waals surface area (Å²) in [6.07, 6.45) is -0.359. The van der Waals surface area contributed by atoms with E-state index in [2.05, 4.69) is 4.98 Å². The van der Waals surface area contributed by atoms with Crippen molar-refractivity contribution in [1.82, 2.24) is 9.88 Å². The minimum absolute atomic E-state index is 0.209. The van der Waals surface area contributed by atoms with E-state index in [4.69, 9.17) is 20.3 Å². The summed E-state index contributed by atoms with van der Waals surface area (Å²) in [5.41, 5.74) is 9.52. The van der Waals surface area contributed by atoms with Crippen LogP contribution in [0.25, 0.3) is 10.9 Å². The number of nitrogens with one attached hydrogen (secondary N) is 1. The first-order valence-electron chi connectivity index (χ1n) is 13.0. The van der Waals surface area contributed by atoms with Crippen molar-refractivity contribution < 1.29 is 29.0 Å². The second kappa shape index (κ2) is 10.4. The lowest BCUT2D eigenvalue weighted by Crippen LogP contribution is -2.54. The summed E-state index contributed by atoms with van der Waals surface area (Å²) in [5.74, 6) is -1.00. The van der Waals surface area contributed by atoms with Gasteiger partial charge in [-0.3, -0.25) is 9.69 Å². The minimum Gasteiger partial charge on any atom is -0.489 e. The van der Waals surface area contributed by atoms with Crippen LogP contribution in [0.1, 0.15) is 59.6 Å². The van der Waals surface area contributed by atoms with E-state index < -0.39 is 35.7 Å². The number of fused-ring (bicyclic) bond motifs is 3. The summed E-state index contributed by atoms with van der Waals surface area (Å²) in [6.45, 7) is 5.58. The molecule has 2 amide bonds. The van der Waals surface area contributed by atoms with Crippen molar-refractivity contribution in [2.24, 2.45) is 5.73 Å². The van der Waals surface area contributed by atoms with Gasteiger partial charge in [-0.2, -0.15) is 0 Å². The molecule has 9 nitrogen and oxygen atoms in total. The van der Waals surface area contributed by atoms with Crippen LogP contribution in [0.15, 0.2) is 72.8 Å². The molecule has 0 fully saturated rings. The molecular formula is C31H31N3O6. The van der Waals surface area contributed by atoms with E-state index in [-0.39, 0.29) is 18.6 Å². The number of carbonyl (C=O) groups excluding carboxylic acids is 2. The number of benzene rings is 3. The number of nitrogens with two attached hydrogens (primary N) is 1. The van der Waals surface area contributed by atoms with E-state index in [1.54, 1.807) is 45.0 Å². The number of nitrogens with zero attached hydrogens (tertiary/aromatic N) is 1. The molecule has 206 valence electrons. The largest absolute Gasteiger partial charge is 0.489 e. The number of rotatable bonds is 6. The highest BCUT2D eigenvalue weighted by atomic mass is 16.6. The van der Waals surface area contributed by atoms with Crippen molar-refractivity contribution in [3.05, 3.63) is 101 Å². The van der Waals surface area contributed by atoms with Crippen molar-refractivity contribution in [3.63, 3.8) is 0 Å². The summed E-state index contributed by atoms with van der Waals surface area (Å²) in [4.78, 5) is 42.3. The van der Waals surface area contributed by atoms with Gasteiger partial charge in [-0.05, 0) is 67.8 Å². The Morgan fingerprint density at radius 1 is 1.00 bits per heavy atom. The monoisotopic (exact) mass is 541 g/mol. The van der Waals surface area contributed by atoms with Gasteiger partial charge >= 0.3 is 12.1 Å². The number of amides is 2. The van der Waals surface area contributed by atoms with Crippen molar-refractivity contribution in [2.45, 2.75) is 51.5 Å². The zero-order valence-electron chi connectivity index (χ0n) is 22.5. The first-order chi connectivity index (χ1) is 19.0. The van der Waals surface area contributed by atoms with Gasteiger partial charge in [0, 0.05) is 23.0 Å². The third-order valence-corrected chi connectivity index (χ3v) is 6.87. The van der Waals surface area contributed by atoms with Gasteiger partial charge in [0.1, 0.15) is 30.0 Å². The maximum absolute atomic E-state index is 13.6. The molecular weight excluding hydrogens is 510 g/mol. The highest BCUT2D eigenvalue weighted by Crippen LogP contribution is 2.42. The molecule has 0 spiro atoms. The molecule has 0 saturated heterocycles. The number of para-hydroxylation sites is 1. The van der Waals surface area contributed by atoms with Crippen LogP contribution < -0.4 is 10.5 Å². The number of aromatic nitrogens is 1. The van der Waals surface area contributed by atoms with Crippen molar-refractivity contribution in [3.8, 4) is 5.75 Å². The number of H-pyrrole nitrogens is 1. The normalized spacial score (nSPS) is 16.8. The number of hydrogen-bond acceptors (Lipinski definition) is 5. The minimum atomic E-state index is -0.983. The lowest BCUT2D eigenvalue weighted by Gasteiger charge is -2.41. The van der Waals surface area contributed by atoms with Gasteiger partial charge in [-0.25, -0.2) is 9.59 Å². The molecule has 1 aromatic heterocycles. The molecule has 3 aromatic carbocycles. The molecule has 1 aliphatic rings. The molecule has 0 unspecified atom stereocenters. The smallest absolute Gasteiger partial charge is 0.411 e. The van der Waals surface area contributed by atoms with Crippen molar-refractivity contribution in [2.75, 3.05) is 0 Å². The Hall–Kier alpha value is -4.79. The number of aromatic carboxylic acids is 1. The second-order valence-electron chi connectivity index (χ2n) is 10.8. The first-order valence-corrected chi connectivity index (χ1v) is 13.0. The van der Waals surface area contributed by atoms with Gasteiger partial charge in [0.2, 0.25) is 5.91 Å². The number of carboxylic acid groups (broad SMARTS) is 1. The fourth-order valence-corrected chi connectivity index (χ4v) is 5.05. The van der Waals surface area contributed by atoms with Gasteiger partial charge in [-0.1, -0.05) is 42.5 Å². The maximum atomic E-state index is 13.6. The predicted molar refractivity (Wildman–Crippen MR) is 149 cm³/mol. The number of primary amides is 1. The highest BCUT2D eigenvalue weighted by molar-refractivity contribution is 5.91. The summed E-state index contributed by atoms with van der Waals surface area (Å²) < 4.78 is 11.7. The number of carbonyl (C=O) groups is 3. The number of hydrogen-bond donors (Lipinski definition) is 3. The lowest BCUT2D eigenvalue weighted by atomic mass is 9.88. The van der Waals surface area contributed by atoms with E-state index in [0.717, 1.165) is 33.3 Å². The molecule has 9 heteroatoms. The Bertz CT molecular complexity index is 1570. The predicted octanol–water partition coefficient (Wildman–Crippen LogP) is 5.18. The van der Waals surface area contributed by atoms with Gasteiger partial charge in [0.15, 0.2) is 0 Å². The molecule has 4 N–H and O–H groups in total. The Labute approximate surface area is 231 Å². The highest BCUT2D eigenvalue weighted by Gasteiger charge is 2.44. The SMILES string of the molecule is CC(C)(C)OC(=O)N1[C@@H](c2ccc(OCc3ccc(C(=O)O)cc3)cc2)c2[nH]c3ccccc3c2C[C@@H]1C(N)=O. The van der Waals surface area contributed by atoms with Gasteiger partial charge in [0.05, 0.1) is 5.56 Å². The Balaban J connectivity index is 1.49. The van der Waals surface area contributed by atoms with E-state index in [9.17, 15) is 14.4 Å². The average molecular weight is 542 g/mol. The fraction of sp³-hybridized carbons (Fsp3) is 0.258. The quantitative estimate of drug-likeness (QED) is 0.308. The molecule has 40 heavy (non-hydrogen) atoms. The van der Waals surface area contributed by atoms with Crippen LogP contribution in [0.3, 0.4) is 0 Å². The zero-order valence-corrected chi connectivity index (χ0v) is 22.5. The van der Waals surface area contributed by atoms with Crippen LogP contribution in [-0.2, 0) is 22.6 Å². The van der Waals surface area contributed by atoms with Crippen LogP contribution in [0.2, 0.25) is 0 Å². The molecule has 5 rings (SSSR count). The molecule has 0 saturated carbocycles. The zero-order chi connectivity index (χ0) is 28.6. The molecule has 0 aliphatic carbocycles. The maximum Gasteiger partial charge on any atom is 0.411 e. The van der Waals surface area contributed by atoms with E-state index in [0.29, 0.717) is 5.75 Å². The van der Waals surface area contributed by atoms with Crippen LogP contribution in [0, 0.1) is 0 Å².